The second-order valence-corrected chi connectivity index (χ2v) is 8.07. The van der Waals surface area contributed by atoms with Gasteiger partial charge in [0, 0.05) is 42.8 Å². The van der Waals surface area contributed by atoms with Crippen molar-refractivity contribution in [2.45, 2.75) is 13.0 Å². The van der Waals surface area contributed by atoms with Crippen molar-refractivity contribution in [2.75, 3.05) is 31.1 Å². The first-order valence-electron chi connectivity index (χ1n) is 9.91. The van der Waals surface area contributed by atoms with Gasteiger partial charge in [0.05, 0.1) is 16.8 Å². The molecule has 1 aliphatic rings. The Hall–Kier alpha value is -3.21. The molecule has 31 heavy (non-hydrogen) atoms. The quantitative estimate of drug-likeness (QED) is 0.674. The summed E-state index contributed by atoms with van der Waals surface area (Å²) in [6, 6.07) is 11.6. The molecule has 1 amide bonds. The van der Waals surface area contributed by atoms with Crippen LogP contribution in [0.1, 0.15) is 22.7 Å². The number of carbonyl (C=O) groups is 1. The van der Waals surface area contributed by atoms with Crippen molar-refractivity contribution >= 4 is 34.1 Å². The molecule has 4 rings (SSSR count). The summed E-state index contributed by atoms with van der Waals surface area (Å²) in [5.41, 5.74) is 8.97. The van der Waals surface area contributed by atoms with E-state index in [0.717, 1.165) is 11.1 Å². The minimum atomic E-state index is -0.566. The van der Waals surface area contributed by atoms with E-state index in [2.05, 4.69) is 16.0 Å². The van der Waals surface area contributed by atoms with Crippen LogP contribution < -0.4 is 10.6 Å². The number of benzene rings is 2. The van der Waals surface area contributed by atoms with Gasteiger partial charge in [-0.3, -0.25) is 14.7 Å². The fraction of sp³-hybridized carbons (Fsp3) is 0.261. The molecule has 2 aromatic carbocycles. The van der Waals surface area contributed by atoms with Gasteiger partial charge in [0.2, 0.25) is 5.91 Å². The molecule has 0 radical (unpaired) electrons. The van der Waals surface area contributed by atoms with Gasteiger partial charge in [-0.05, 0) is 42.3 Å². The van der Waals surface area contributed by atoms with Gasteiger partial charge in [-0.1, -0.05) is 23.7 Å². The van der Waals surface area contributed by atoms with Gasteiger partial charge in [0.15, 0.2) is 0 Å². The second-order valence-electron chi connectivity index (χ2n) is 7.63. The second kappa shape index (κ2) is 8.50. The van der Waals surface area contributed by atoms with Crippen LogP contribution in [0.15, 0.2) is 42.6 Å². The van der Waals surface area contributed by atoms with Gasteiger partial charge in [0.1, 0.15) is 17.9 Å². The minimum Gasteiger partial charge on any atom is -0.368 e. The van der Waals surface area contributed by atoms with E-state index in [1.807, 2.05) is 4.90 Å². The van der Waals surface area contributed by atoms with Crippen LogP contribution in [0.5, 0.6) is 0 Å². The van der Waals surface area contributed by atoms with Gasteiger partial charge in [-0.25, -0.2) is 4.39 Å². The lowest BCUT2D eigenvalue weighted by Gasteiger charge is -2.39. The highest BCUT2D eigenvalue weighted by atomic mass is 35.5. The number of rotatable bonds is 4. The monoisotopic (exact) mass is 437 g/mol. The Balaban J connectivity index is 1.64. The number of hydrogen-bond acceptors (Lipinski definition) is 5. The lowest BCUT2D eigenvalue weighted by atomic mass is 10.0. The number of fused-ring (bicyclic) bond motifs is 1. The number of anilines is 1. The van der Waals surface area contributed by atoms with Crippen LogP contribution in [0.3, 0.4) is 0 Å². The van der Waals surface area contributed by atoms with E-state index >= 15 is 0 Å². The average molecular weight is 438 g/mol. The predicted molar refractivity (Wildman–Crippen MR) is 118 cm³/mol. The summed E-state index contributed by atoms with van der Waals surface area (Å²) in [6.45, 7) is 4.02. The van der Waals surface area contributed by atoms with Crippen molar-refractivity contribution in [1.29, 1.82) is 5.26 Å². The standard InChI is InChI=1S/C23H21ClFN5O/c1-14-10-18(25)11-19-20(14)28-13-16(12-26)21(19)29-6-8-30(9-7-29)22(23(27)31)15-2-4-17(24)5-3-15/h2-5,10-11,13,22H,6-9H2,1H3,(H2,27,31). The Morgan fingerprint density at radius 2 is 1.90 bits per heavy atom. The number of amides is 1. The van der Waals surface area contributed by atoms with Crippen molar-refractivity contribution in [2.24, 2.45) is 5.73 Å². The first-order valence-corrected chi connectivity index (χ1v) is 10.3. The Morgan fingerprint density at radius 1 is 1.23 bits per heavy atom. The highest BCUT2D eigenvalue weighted by Crippen LogP contribution is 2.33. The van der Waals surface area contributed by atoms with E-state index in [1.165, 1.54) is 18.3 Å². The summed E-state index contributed by atoms with van der Waals surface area (Å²) >= 11 is 5.97. The topological polar surface area (TPSA) is 86.2 Å². The predicted octanol–water partition coefficient (Wildman–Crippen LogP) is 3.56. The summed E-state index contributed by atoms with van der Waals surface area (Å²) in [5, 5.41) is 10.8. The maximum absolute atomic E-state index is 14.2. The van der Waals surface area contributed by atoms with Crippen LogP contribution >= 0.6 is 11.6 Å². The van der Waals surface area contributed by atoms with Crippen LogP contribution in [0.4, 0.5) is 10.1 Å². The van der Waals surface area contributed by atoms with E-state index in [1.54, 1.807) is 31.2 Å². The molecule has 3 aromatic rings. The summed E-state index contributed by atoms with van der Waals surface area (Å²) < 4.78 is 14.2. The van der Waals surface area contributed by atoms with Gasteiger partial charge in [-0.2, -0.15) is 5.26 Å². The van der Waals surface area contributed by atoms with E-state index in [-0.39, 0.29) is 5.82 Å². The Labute approximate surface area is 184 Å². The molecule has 1 atom stereocenters. The first kappa shape index (κ1) is 21.0. The molecule has 1 unspecified atom stereocenters. The molecule has 6 nitrogen and oxygen atoms in total. The van der Waals surface area contributed by atoms with Crippen molar-refractivity contribution in [3.63, 3.8) is 0 Å². The normalized spacial score (nSPS) is 15.6. The van der Waals surface area contributed by atoms with Crippen molar-refractivity contribution < 1.29 is 9.18 Å². The SMILES string of the molecule is Cc1cc(F)cc2c(N3CCN(C(C(N)=O)c4ccc(Cl)cc4)CC3)c(C#N)cnc12. The number of piperazine rings is 1. The minimum absolute atomic E-state index is 0.363. The molecule has 2 heterocycles. The number of nitriles is 1. The van der Waals surface area contributed by atoms with Gasteiger partial charge < -0.3 is 10.6 Å². The first-order chi connectivity index (χ1) is 14.9. The molecule has 1 aliphatic heterocycles. The Morgan fingerprint density at radius 3 is 2.52 bits per heavy atom. The van der Waals surface area contributed by atoms with Crippen LogP contribution in [0.2, 0.25) is 5.02 Å². The number of nitrogens with two attached hydrogens (primary N) is 1. The number of aryl methyl sites for hydroxylation is 1. The number of carbonyl (C=O) groups excluding carboxylic acids is 1. The molecule has 0 bridgehead atoms. The molecule has 0 aliphatic carbocycles. The average Bonchev–Trinajstić information content (AvgIpc) is 2.74. The van der Waals surface area contributed by atoms with Crippen LogP contribution in [0, 0.1) is 24.1 Å². The third kappa shape index (κ3) is 4.05. The highest BCUT2D eigenvalue weighted by Gasteiger charge is 2.30. The molecule has 1 saturated heterocycles. The summed E-state index contributed by atoms with van der Waals surface area (Å²) in [5.74, 6) is -0.793. The molecule has 0 spiro atoms. The maximum Gasteiger partial charge on any atom is 0.239 e. The highest BCUT2D eigenvalue weighted by molar-refractivity contribution is 6.30. The number of nitrogens with zero attached hydrogens (tertiary/aromatic N) is 4. The zero-order valence-electron chi connectivity index (χ0n) is 17.0. The number of aromatic nitrogens is 1. The number of pyridine rings is 1. The molecule has 1 fully saturated rings. The Kier molecular flexibility index (Phi) is 5.77. The summed E-state index contributed by atoms with van der Waals surface area (Å²) in [7, 11) is 0. The summed E-state index contributed by atoms with van der Waals surface area (Å²) in [4.78, 5) is 20.7. The Bertz CT molecular complexity index is 1180. The lowest BCUT2D eigenvalue weighted by Crippen LogP contribution is -2.50. The number of hydrogen-bond donors (Lipinski definition) is 1. The number of halogens is 2. The summed E-state index contributed by atoms with van der Waals surface area (Å²) in [6.07, 6.45) is 1.54. The molecular weight excluding hydrogens is 417 g/mol. The third-order valence-corrected chi connectivity index (χ3v) is 5.92. The maximum atomic E-state index is 14.2. The van der Waals surface area contributed by atoms with Gasteiger partial charge >= 0.3 is 0 Å². The smallest absolute Gasteiger partial charge is 0.239 e. The fourth-order valence-electron chi connectivity index (χ4n) is 4.25. The van der Waals surface area contributed by atoms with E-state index in [4.69, 9.17) is 17.3 Å². The van der Waals surface area contributed by atoms with Gasteiger partial charge in [-0.15, -0.1) is 0 Å². The molecular formula is C23H21ClFN5O. The molecule has 158 valence electrons. The number of primary amides is 1. The van der Waals surface area contributed by atoms with Crippen LogP contribution in [-0.4, -0.2) is 42.0 Å². The van der Waals surface area contributed by atoms with E-state index < -0.39 is 11.9 Å². The van der Waals surface area contributed by atoms with Gasteiger partial charge in [0.25, 0.3) is 0 Å². The molecule has 1 aromatic heterocycles. The van der Waals surface area contributed by atoms with Crippen LogP contribution in [0.25, 0.3) is 10.9 Å². The third-order valence-electron chi connectivity index (χ3n) is 5.67. The van der Waals surface area contributed by atoms with Crippen molar-refractivity contribution in [3.8, 4) is 6.07 Å². The van der Waals surface area contributed by atoms with Crippen LogP contribution in [-0.2, 0) is 4.79 Å². The van der Waals surface area contributed by atoms with E-state index in [0.29, 0.717) is 53.4 Å². The molecule has 2 N–H and O–H groups in total. The zero-order chi connectivity index (χ0) is 22.1. The largest absolute Gasteiger partial charge is 0.368 e. The molecule has 8 heteroatoms. The zero-order valence-corrected chi connectivity index (χ0v) is 17.7. The van der Waals surface area contributed by atoms with Crippen molar-refractivity contribution in [1.82, 2.24) is 9.88 Å². The lowest BCUT2D eigenvalue weighted by molar-refractivity contribution is -0.123. The van der Waals surface area contributed by atoms with E-state index in [9.17, 15) is 14.4 Å². The van der Waals surface area contributed by atoms with Crippen molar-refractivity contribution in [3.05, 3.63) is 70.1 Å². The molecule has 0 saturated carbocycles. The fourth-order valence-corrected chi connectivity index (χ4v) is 4.38.